The molecule has 1 heterocycles. The van der Waals surface area contributed by atoms with Gasteiger partial charge in [0.25, 0.3) is 0 Å². The third kappa shape index (κ3) is 3.36. The van der Waals surface area contributed by atoms with Crippen molar-refractivity contribution in [1.82, 2.24) is 5.32 Å². The first-order valence-corrected chi connectivity index (χ1v) is 8.37. The molecule has 1 saturated carbocycles. The lowest BCUT2D eigenvalue weighted by Crippen LogP contribution is -2.38. The highest BCUT2D eigenvalue weighted by Crippen LogP contribution is 2.35. The zero-order valence-electron chi connectivity index (χ0n) is 12.0. The van der Waals surface area contributed by atoms with Gasteiger partial charge in [-0.2, -0.15) is 0 Å². The SMILES string of the molecule is CCNC(Cc1ccc(CC)s1)C1CCCC1C. The zero-order chi connectivity index (χ0) is 13.0. The van der Waals surface area contributed by atoms with E-state index in [-0.39, 0.29) is 0 Å². The van der Waals surface area contributed by atoms with Crippen LogP contribution in [-0.4, -0.2) is 12.6 Å². The van der Waals surface area contributed by atoms with Crippen molar-refractivity contribution in [2.24, 2.45) is 11.8 Å². The van der Waals surface area contributed by atoms with Crippen LogP contribution < -0.4 is 5.32 Å². The molecule has 1 aliphatic carbocycles. The minimum absolute atomic E-state index is 0.691. The molecule has 1 aromatic rings. The second-order valence-electron chi connectivity index (χ2n) is 5.66. The maximum Gasteiger partial charge on any atom is 0.0146 e. The second-order valence-corrected chi connectivity index (χ2v) is 6.91. The summed E-state index contributed by atoms with van der Waals surface area (Å²) in [6, 6.07) is 5.34. The van der Waals surface area contributed by atoms with Gasteiger partial charge in [-0.05, 0) is 49.8 Å². The molecule has 2 rings (SSSR count). The van der Waals surface area contributed by atoms with Crippen molar-refractivity contribution >= 4 is 11.3 Å². The average molecular weight is 265 g/mol. The van der Waals surface area contributed by atoms with Gasteiger partial charge in [0.05, 0.1) is 0 Å². The van der Waals surface area contributed by atoms with E-state index in [1.165, 1.54) is 37.0 Å². The molecule has 0 spiro atoms. The van der Waals surface area contributed by atoms with Gasteiger partial charge in [0.1, 0.15) is 0 Å². The predicted molar refractivity (Wildman–Crippen MR) is 81.4 cm³/mol. The maximum absolute atomic E-state index is 3.74. The van der Waals surface area contributed by atoms with Gasteiger partial charge in [0, 0.05) is 15.8 Å². The van der Waals surface area contributed by atoms with Crippen LogP contribution in [0.1, 0.15) is 49.8 Å². The summed E-state index contributed by atoms with van der Waals surface area (Å²) in [6.45, 7) is 8.02. The third-order valence-corrected chi connectivity index (χ3v) is 5.65. The van der Waals surface area contributed by atoms with Crippen molar-refractivity contribution in [2.45, 2.75) is 58.9 Å². The van der Waals surface area contributed by atoms with Crippen LogP contribution in [0.5, 0.6) is 0 Å². The largest absolute Gasteiger partial charge is 0.314 e. The molecule has 0 saturated heterocycles. The molecule has 2 heteroatoms. The summed E-state index contributed by atoms with van der Waals surface area (Å²) in [5.41, 5.74) is 0. The summed E-state index contributed by atoms with van der Waals surface area (Å²) in [6.07, 6.45) is 6.68. The van der Waals surface area contributed by atoms with E-state index >= 15 is 0 Å². The Kier molecular flexibility index (Phi) is 5.25. The van der Waals surface area contributed by atoms with Crippen LogP contribution in [-0.2, 0) is 12.8 Å². The van der Waals surface area contributed by atoms with Crippen LogP contribution in [0, 0.1) is 11.8 Å². The summed E-state index contributed by atoms with van der Waals surface area (Å²) in [7, 11) is 0. The van der Waals surface area contributed by atoms with Gasteiger partial charge in [0.2, 0.25) is 0 Å². The molecule has 1 fully saturated rings. The number of nitrogens with one attached hydrogen (secondary N) is 1. The summed E-state index contributed by atoms with van der Waals surface area (Å²) in [5.74, 6) is 1.79. The van der Waals surface area contributed by atoms with Crippen LogP contribution in [0.25, 0.3) is 0 Å². The van der Waals surface area contributed by atoms with Gasteiger partial charge in [-0.3, -0.25) is 0 Å². The monoisotopic (exact) mass is 265 g/mol. The quantitative estimate of drug-likeness (QED) is 0.810. The number of aryl methyl sites for hydroxylation is 1. The standard InChI is InChI=1S/C16H27NS/c1-4-13-9-10-14(18-13)11-16(17-5-2)15-8-6-7-12(15)3/h9-10,12,15-17H,4-8,11H2,1-3H3. The number of hydrogen-bond acceptors (Lipinski definition) is 2. The van der Waals surface area contributed by atoms with Crippen molar-refractivity contribution in [1.29, 1.82) is 0 Å². The lowest BCUT2D eigenvalue weighted by Gasteiger charge is -2.27. The van der Waals surface area contributed by atoms with E-state index in [0.29, 0.717) is 6.04 Å². The molecule has 1 aliphatic rings. The Morgan fingerprint density at radius 3 is 2.61 bits per heavy atom. The molecule has 0 amide bonds. The minimum Gasteiger partial charge on any atom is -0.314 e. The molecule has 18 heavy (non-hydrogen) atoms. The van der Waals surface area contributed by atoms with Crippen LogP contribution in [0.15, 0.2) is 12.1 Å². The minimum atomic E-state index is 0.691. The van der Waals surface area contributed by atoms with Gasteiger partial charge in [0.15, 0.2) is 0 Å². The molecule has 0 aromatic carbocycles. The molecular weight excluding hydrogens is 238 g/mol. The molecule has 1 aromatic heterocycles. The van der Waals surface area contributed by atoms with Gasteiger partial charge in [-0.25, -0.2) is 0 Å². The van der Waals surface area contributed by atoms with Crippen LogP contribution in [0.4, 0.5) is 0 Å². The second kappa shape index (κ2) is 6.72. The first-order chi connectivity index (χ1) is 8.74. The molecule has 0 aliphatic heterocycles. The van der Waals surface area contributed by atoms with Gasteiger partial charge in [-0.1, -0.05) is 33.6 Å². The zero-order valence-corrected chi connectivity index (χ0v) is 12.9. The summed E-state index contributed by atoms with van der Waals surface area (Å²) in [5, 5.41) is 3.74. The van der Waals surface area contributed by atoms with E-state index in [4.69, 9.17) is 0 Å². The first-order valence-electron chi connectivity index (χ1n) is 7.55. The van der Waals surface area contributed by atoms with Gasteiger partial charge in [-0.15, -0.1) is 11.3 Å². The molecule has 3 atom stereocenters. The number of hydrogen-bond donors (Lipinski definition) is 1. The maximum atomic E-state index is 3.74. The summed E-state index contributed by atoms with van der Waals surface area (Å²) < 4.78 is 0. The first kappa shape index (κ1) is 14.1. The highest BCUT2D eigenvalue weighted by molar-refractivity contribution is 7.11. The number of thiophene rings is 1. The lowest BCUT2D eigenvalue weighted by molar-refractivity contribution is 0.300. The van der Waals surface area contributed by atoms with E-state index in [1.807, 2.05) is 11.3 Å². The smallest absolute Gasteiger partial charge is 0.0146 e. The van der Waals surface area contributed by atoms with E-state index in [9.17, 15) is 0 Å². The van der Waals surface area contributed by atoms with E-state index in [0.717, 1.165) is 18.4 Å². The van der Waals surface area contributed by atoms with Gasteiger partial charge < -0.3 is 5.32 Å². The Morgan fingerprint density at radius 1 is 1.28 bits per heavy atom. The Labute approximate surface area is 116 Å². The predicted octanol–water partition coefficient (Wildman–Crippen LogP) is 4.27. The highest BCUT2D eigenvalue weighted by atomic mass is 32.1. The van der Waals surface area contributed by atoms with Crippen molar-refractivity contribution in [3.05, 3.63) is 21.9 Å². The van der Waals surface area contributed by atoms with E-state index in [1.54, 1.807) is 4.88 Å². The normalized spacial score (nSPS) is 25.5. The van der Waals surface area contributed by atoms with Crippen LogP contribution in [0.2, 0.25) is 0 Å². The van der Waals surface area contributed by atoms with Crippen LogP contribution >= 0.6 is 11.3 Å². The summed E-state index contributed by atoms with van der Waals surface area (Å²) >= 11 is 2.01. The van der Waals surface area contributed by atoms with Gasteiger partial charge >= 0.3 is 0 Å². The average Bonchev–Trinajstić information content (AvgIpc) is 2.97. The fourth-order valence-electron chi connectivity index (χ4n) is 3.35. The number of rotatable bonds is 6. The Hall–Kier alpha value is -0.340. The molecular formula is C16H27NS. The van der Waals surface area contributed by atoms with Crippen molar-refractivity contribution in [3.8, 4) is 0 Å². The molecule has 3 unspecified atom stereocenters. The Balaban J connectivity index is 2.01. The van der Waals surface area contributed by atoms with Crippen molar-refractivity contribution in [2.75, 3.05) is 6.54 Å². The lowest BCUT2D eigenvalue weighted by atomic mass is 9.88. The van der Waals surface area contributed by atoms with Crippen LogP contribution in [0.3, 0.4) is 0 Å². The molecule has 1 nitrogen and oxygen atoms in total. The fourth-order valence-corrected chi connectivity index (χ4v) is 4.36. The number of likely N-dealkylation sites (N-methyl/N-ethyl adjacent to an activating group) is 1. The molecule has 1 N–H and O–H groups in total. The Bertz CT molecular complexity index is 358. The fraction of sp³-hybridized carbons (Fsp3) is 0.750. The van der Waals surface area contributed by atoms with Crippen molar-refractivity contribution in [3.63, 3.8) is 0 Å². The molecule has 0 bridgehead atoms. The Morgan fingerprint density at radius 2 is 2.06 bits per heavy atom. The molecule has 0 radical (unpaired) electrons. The third-order valence-electron chi connectivity index (χ3n) is 4.40. The topological polar surface area (TPSA) is 12.0 Å². The van der Waals surface area contributed by atoms with E-state index in [2.05, 4.69) is 38.2 Å². The molecule has 102 valence electrons. The highest BCUT2D eigenvalue weighted by Gasteiger charge is 2.30. The van der Waals surface area contributed by atoms with E-state index < -0.39 is 0 Å². The summed E-state index contributed by atoms with van der Waals surface area (Å²) in [4.78, 5) is 3.09. The van der Waals surface area contributed by atoms with Crippen molar-refractivity contribution < 1.29 is 0 Å².